The van der Waals surface area contributed by atoms with Crippen molar-refractivity contribution >= 4 is 58.2 Å². The Morgan fingerprint density at radius 2 is 2.21 bits per heavy atom. The molecule has 2 amide bonds. The van der Waals surface area contributed by atoms with Crippen molar-refractivity contribution in [3.05, 3.63) is 16.8 Å². The summed E-state index contributed by atoms with van der Waals surface area (Å²) in [5, 5.41) is 21.1. The minimum atomic E-state index is -1.48. The average Bonchev–Trinajstić information content (AvgIpc) is 3.08. The van der Waals surface area contributed by atoms with E-state index in [0.29, 0.717) is 21.7 Å². The SMILES string of the molecule is CC(=O)NC1C(=O)N2C(C(=O)[O-])=C(Sc3nc(N)c4cn[nH]c4n3)CS[C@H]12.[Na+]. The summed E-state index contributed by atoms with van der Waals surface area (Å²) in [6, 6.07) is -0.748. The first-order chi connectivity index (χ1) is 12.9. The van der Waals surface area contributed by atoms with Crippen LogP contribution in [0.5, 0.6) is 0 Å². The number of amides is 2. The van der Waals surface area contributed by atoms with Gasteiger partial charge in [0.2, 0.25) is 5.91 Å². The number of β-lactam (4-membered cyclic amide) rings is 1. The number of nitrogens with one attached hydrogen (secondary N) is 2. The number of nitrogens with zero attached hydrogens (tertiary/aromatic N) is 4. The number of H-pyrrole nitrogens is 1. The molecule has 2 aromatic heterocycles. The molecule has 0 spiro atoms. The summed E-state index contributed by atoms with van der Waals surface area (Å²) in [5.41, 5.74) is 6.06. The van der Waals surface area contributed by atoms with Crippen LogP contribution in [0.25, 0.3) is 11.0 Å². The molecular formula is C14H12N7NaO4S2. The minimum absolute atomic E-state index is 0. The van der Waals surface area contributed by atoms with Gasteiger partial charge in [0.15, 0.2) is 10.8 Å². The van der Waals surface area contributed by atoms with Gasteiger partial charge in [-0.25, -0.2) is 9.97 Å². The second-order valence-electron chi connectivity index (χ2n) is 5.77. The maximum Gasteiger partial charge on any atom is 1.00 e. The zero-order valence-electron chi connectivity index (χ0n) is 14.8. The Morgan fingerprint density at radius 3 is 2.89 bits per heavy atom. The molecule has 1 fully saturated rings. The van der Waals surface area contributed by atoms with E-state index >= 15 is 0 Å². The van der Waals surface area contributed by atoms with Crippen LogP contribution in [0.15, 0.2) is 22.0 Å². The van der Waals surface area contributed by atoms with E-state index in [9.17, 15) is 19.5 Å². The molecule has 0 aromatic carbocycles. The molecule has 28 heavy (non-hydrogen) atoms. The quantitative estimate of drug-likeness (QED) is 0.244. The number of aromatic nitrogens is 4. The van der Waals surface area contributed by atoms with Crippen molar-refractivity contribution in [2.75, 3.05) is 11.5 Å². The normalized spacial score (nSPS) is 21.0. The molecule has 0 radical (unpaired) electrons. The van der Waals surface area contributed by atoms with Crippen LogP contribution in [0.4, 0.5) is 5.82 Å². The first-order valence-corrected chi connectivity index (χ1v) is 9.54. The van der Waals surface area contributed by atoms with Crippen LogP contribution in [-0.4, -0.2) is 60.0 Å². The number of carboxylic acid groups (broad SMARTS) is 1. The maximum atomic E-state index is 12.3. The first-order valence-electron chi connectivity index (χ1n) is 7.67. The van der Waals surface area contributed by atoms with Crippen LogP contribution in [-0.2, 0) is 14.4 Å². The van der Waals surface area contributed by atoms with Crippen molar-refractivity contribution in [2.24, 2.45) is 0 Å². The predicted octanol–water partition coefficient (Wildman–Crippen LogP) is -4.59. The predicted molar refractivity (Wildman–Crippen MR) is 94.7 cm³/mol. The Morgan fingerprint density at radius 1 is 1.46 bits per heavy atom. The van der Waals surface area contributed by atoms with Crippen LogP contribution in [0.2, 0.25) is 0 Å². The number of nitrogens with two attached hydrogens (primary N) is 1. The van der Waals surface area contributed by atoms with E-state index in [0.717, 1.165) is 16.7 Å². The molecule has 2 aliphatic rings. The summed E-state index contributed by atoms with van der Waals surface area (Å²) in [4.78, 5) is 45.2. The zero-order valence-corrected chi connectivity index (χ0v) is 18.4. The fraction of sp³-hybridized carbons (Fsp3) is 0.286. The van der Waals surface area contributed by atoms with Crippen molar-refractivity contribution < 1.29 is 49.0 Å². The van der Waals surface area contributed by atoms with Crippen LogP contribution in [0.1, 0.15) is 6.92 Å². The van der Waals surface area contributed by atoms with Crippen LogP contribution >= 0.6 is 23.5 Å². The van der Waals surface area contributed by atoms with Crippen molar-refractivity contribution in [3.63, 3.8) is 0 Å². The Kier molecular flexibility index (Phi) is 5.91. The second-order valence-corrected chi connectivity index (χ2v) is 7.94. The molecule has 1 saturated heterocycles. The molecule has 4 N–H and O–H groups in total. The van der Waals surface area contributed by atoms with Gasteiger partial charge in [-0.15, -0.1) is 11.8 Å². The van der Waals surface area contributed by atoms with Gasteiger partial charge in [-0.3, -0.25) is 19.6 Å². The number of hydrogen-bond donors (Lipinski definition) is 3. The number of aliphatic carboxylic acids is 1. The minimum Gasteiger partial charge on any atom is -0.543 e. The molecule has 2 atom stereocenters. The maximum absolute atomic E-state index is 12.3. The Bertz CT molecular complexity index is 1030. The summed E-state index contributed by atoms with van der Waals surface area (Å²) in [6.45, 7) is 1.30. The molecule has 4 rings (SSSR count). The van der Waals surface area contributed by atoms with Crippen molar-refractivity contribution in [2.45, 2.75) is 23.5 Å². The van der Waals surface area contributed by atoms with E-state index in [4.69, 9.17) is 5.73 Å². The van der Waals surface area contributed by atoms with Gasteiger partial charge in [-0.1, -0.05) is 11.8 Å². The summed E-state index contributed by atoms with van der Waals surface area (Å²) in [7, 11) is 0. The largest absolute Gasteiger partial charge is 1.00 e. The first kappa shape index (κ1) is 20.9. The Labute approximate surface area is 188 Å². The van der Waals surface area contributed by atoms with Crippen molar-refractivity contribution in [1.29, 1.82) is 0 Å². The smallest absolute Gasteiger partial charge is 0.543 e. The van der Waals surface area contributed by atoms with Gasteiger partial charge in [0.05, 0.1) is 23.2 Å². The van der Waals surface area contributed by atoms with E-state index in [1.165, 1.54) is 24.9 Å². The molecule has 14 heteroatoms. The number of carbonyl (C=O) groups is 3. The number of carboxylic acids is 1. The molecular weight excluding hydrogens is 417 g/mol. The van der Waals surface area contributed by atoms with Gasteiger partial charge in [-0.05, 0) is 0 Å². The number of anilines is 1. The molecule has 11 nitrogen and oxygen atoms in total. The number of hydrogen-bond acceptors (Lipinski definition) is 10. The standard InChI is InChI=1S/C14H13N7O4S2.Na/c1-4(22)17-7-11(23)21-8(13(24)25)6(3-26-12(7)21)27-14-18-9(15)5-2-16-20-10(5)19-14;/h2,7,12H,3H2,1H3,(H,17,22)(H,24,25)(H3,15,16,18,19,20);/q;+1/p-1/t7?,12-;/m1./s1. The van der Waals surface area contributed by atoms with Gasteiger partial charge >= 0.3 is 29.6 Å². The van der Waals surface area contributed by atoms with Gasteiger partial charge in [0.1, 0.15) is 17.2 Å². The van der Waals surface area contributed by atoms with Crippen LogP contribution in [0, 0.1) is 0 Å². The fourth-order valence-corrected chi connectivity index (χ4v) is 5.28. The van der Waals surface area contributed by atoms with Gasteiger partial charge in [0.25, 0.3) is 5.91 Å². The Balaban J connectivity index is 0.00000225. The number of carbonyl (C=O) groups excluding carboxylic acids is 3. The van der Waals surface area contributed by atoms with E-state index in [-0.39, 0.29) is 52.1 Å². The number of thioether (sulfide) groups is 2. The average molecular weight is 429 g/mol. The Hall–Kier alpha value is -1.80. The molecule has 0 saturated carbocycles. The van der Waals surface area contributed by atoms with E-state index in [1.54, 1.807) is 0 Å². The van der Waals surface area contributed by atoms with E-state index in [2.05, 4.69) is 25.5 Å². The number of fused-ring (bicyclic) bond motifs is 2. The molecule has 2 aromatic rings. The summed E-state index contributed by atoms with van der Waals surface area (Å²) < 4.78 is 0. The molecule has 140 valence electrons. The van der Waals surface area contributed by atoms with Gasteiger partial charge in [0, 0.05) is 17.6 Å². The third-order valence-electron chi connectivity index (χ3n) is 4.02. The van der Waals surface area contributed by atoms with Crippen molar-refractivity contribution in [3.8, 4) is 0 Å². The molecule has 1 unspecified atom stereocenters. The summed E-state index contributed by atoms with van der Waals surface area (Å²) in [5.74, 6) is -1.83. The number of rotatable bonds is 4. The monoisotopic (exact) mass is 429 g/mol. The van der Waals surface area contributed by atoms with Gasteiger partial charge < -0.3 is 21.0 Å². The van der Waals surface area contributed by atoms with E-state index in [1.807, 2.05) is 0 Å². The second kappa shape index (κ2) is 7.91. The summed E-state index contributed by atoms with van der Waals surface area (Å²) >= 11 is 2.34. The fourth-order valence-electron chi connectivity index (χ4n) is 2.87. The third kappa shape index (κ3) is 3.48. The number of aromatic amines is 1. The molecule has 4 heterocycles. The molecule has 2 aliphatic heterocycles. The van der Waals surface area contributed by atoms with Crippen LogP contribution < -0.4 is 45.7 Å². The molecule has 0 aliphatic carbocycles. The van der Waals surface area contributed by atoms with Crippen molar-refractivity contribution in [1.82, 2.24) is 30.4 Å². The van der Waals surface area contributed by atoms with E-state index < -0.39 is 23.3 Å². The zero-order chi connectivity index (χ0) is 19.3. The summed E-state index contributed by atoms with van der Waals surface area (Å²) in [6.07, 6.45) is 1.49. The molecule has 0 bridgehead atoms. The third-order valence-corrected chi connectivity index (χ3v) is 6.43. The topological polar surface area (TPSA) is 170 Å². The number of nitrogen functional groups attached to an aromatic ring is 1. The van der Waals surface area contributed by atoms with Gasteiger partial charge in [-0.2, -0.15) is 5.10 Å². The van der Waals surface area contributed by atoms with Crippen LogP contribution in [0.3, 0.4) is 0 Å².